The molecule has 0 aliphatic heterocycles. The monoisotopic (exact) mass is 816 g/mol. The minimum absolute atomic E-state index is 1.27. The van der Waals surface area contributed by atoms with Gasteiger partial charge in [-0.25, -0.2) is 0 Å². The number of rotatable bonds is 36. The van der Waals surface area contributed by atoms with Crippen molar-refractivity contribution in [3.05, 3.63) is 0 Å². The van der Waals surface area contributed by atoms with Gasteiger partial charge in [-0.15, -0.1) is 0 Å². The molecule has 0 unspecified atom stereocenters. The van der Waals surface area contributed by atoms with Crippen molar-refractivity contribution in [2.45, 2.75) is 234 Å². The second-order valence-corrected chi connectivity index (χ2v) is 25.8. The average Bonchev–Trinajstić information content (AvgIpc) is 3.06. The van der Waals surface area contributed by atoms with Gasteiger partial charge in [0.2, 0.25) is 14.1 Å². The molecule has 0 fully saturated rings. The van der Waals surface area contributed by atoms with Crippen LogP contribution in [0.3, 0.4) is 0 Å². The Kier molecular flexibility index (Phi) is 33.3. The van der Waals surface area contributed by atoms with E-state index in [0.717, 1.165) is 0 Å². The predicted molar refractivity (Wildman–Crippen MR) is 231 cm³/mol. The van der Waals surface area contributed by atoms with Gasteiger partial charge in [0.1, 0.15) is 0 Å². The summed E-state index contributed by atoms with van der Waals surface area (Å²) in [6.07, 6.45) is 52.2. The van der Waals surface area contributed by atoms with E-state index in [1.54, 1.807) is 0 Å². The molecular formula is C42H90F6NP3. The van der Waals surface area contributed by atoms with E-state index in [-0.39, 0.29) is 0 Å². The molecule has 0 saturated carbocycles. The molecule has 0 atom stereocenters. The number of hydrogen-bond donors (Lipinski definition) is 0. The van der Waals surface area contributed by atoms with Crippen molar-refractivity contribution in [1.82, 2.24) is 4.17 Å². The van der Waals surface area contributed by atoms with Crippen LogP contribution in [-0.2, 0) is 0 Å². The van der Waals surface area contributed by atoms with Gasteiger partial charge in [0.05, 0.1) is 0 Å². The summed E-state index contributed by atoms with van der Waals surface area (Å²) in [5, 5.41) is 0. The van der Waals surface area contributed by atoms with Gasteiger partial charge in [0.15, 0.2) is 0 Å². The third kappa shape index (κ3) is 41.7. The molecule has 0 N–H and O–H groups in total. The zero-order valence-electron chi connectivity index (χ0n) is 35.5. The SMILES string of the molecule is CCCCCCCP(CCCCCCC)(CCCCCCC)=[N+]=P(CCCCCCC)(CCCCCCC)CCCCCCC.F[P-](F)(F)(F)(F)F. The van der Waals surface area contributed by atoms with Crippen LogP contribution < -0.4 is 4.17 Å². The summed E-state index contributed by atoms with van der Waals surface area (Å²) in [6, 6.07) is 0. The fourth-order valence-corrected chi connectivity index (χ4v) is 19.0. The summed E-state index contributed by atoms with van der Waals surface area (Å²) in [5.41, 5.74) is 0. The summed E-state index contributed by atoms with van der Waals surface area (Å²) in [7, 11) is -13.2. The summed E-state index contributed by atoms with van der Waals surface area (Å²) < 4.78 is 65.9. The normalized spacial score (nSPS) is 13.7. The molecule has 0 aromatic rings. The maximum absolute atomic E-state index is 10.7. The molecule has 52 heavy (non-hydrogen) atoms. The zero-order chi connectivity index (χ0) is 39.6. The Balaban J connectivity index is 0. The van der Waals surface area contributed by atoms with Gasteiger partial charge < -0.3 is 0 Å². The Hall–Kier alpha value is 0.580. The van der Waals surface area contributed by atoms with Crippen LogP contribution in [0.1, 0.15) is 234 Å². The van der Waals surface area contributed by atoms with Crippen LogP contribution in [0.15, 0.2) is 0 Å². The predicted octanol–water partition coefficient (Wildman–Crippen LogP) is 19.7. The first-order valence-corrected chi connectivity index (χ1v) is 29.2. The molecule has 1 nitrogen and oxygen atoms in total. The van der Waals surface area contributed by atoms with Crippen molar-refractivity contribution in [2.75, 3.05) is 37.0 Å². The molecule has 0 aliphatic rings. The standard InChI is InChI=1S/C42H90NP2.F6P/c1-7-13-19-25-31-37-44(38-32-26-20-14-8-2,39-33-27-21-15-9-3)43-45(40-34-28-22-16-10-4,41-35-29-23-17-11-5)42-36-30-24-18-12-6;1-7(2,3,4,5)6/h7-42H2,1-6H3;/q+1;-1. The van der Waals surface area contributed by atoms with Crippen LogP contribution in [0, 0.1) is 0 Å². The summed E-state index contributed by atoms with van der Waals surface area (Å²) >= 11 is 0. The molecule has 10 heteroatoms. The molecule has 0 aromatic heterocycles. The minimum atomic E-state index is -10.7. The molecule has 0 radical (unpaired) electrons. The van der Waals surface area contributed by atoms with Crippen LogP contribution in [0.4, 0.5) is 25.2 Å². The second-order valence-electron chi connectivity index (χ2n) is 16.1. The Bertz CT molecular complexity index is 764. The van der Waals surface area contributed by atoms with Gasteiger partial charge in [0, 0.05) is 37.0 Å². The molecule has 320 valence electrons. The molecule has 0 rings (SSSR count). The van der Waals surface area contributed by atoms with Crippen molar-refractivity contribution in [3.8, 4) is 0 Å². The first kappa shape index (κ1) is 54.7. The molecule has 0 bridgehead atoms. The molecular weight excluding hydrogens is 725 g/mol. The van der Waals surface area contributed by atoms with E-state index in [1.807, 2.05) is 0 Å². The van der Waals surface area contributed by atoms with Crippen LogP contribution >= 0.6 is 21.9 Å². The van der Waals surface area contributed by atoms with Crippen molar-refractivity contribution >= 4 is 21.9 Å². The van der Waals surface area contributed by atoms with Gasteiger partial charge in [-0.3, -0.25) is 0 Å². The van der Waals surface area contributed by atoms with Crippen LogP contribution in [0.25, 0.3) is 0 Å². The molecule has 0 aliphatic carbocycles. The molecule has 0 aromatic carbocycles. The Morgan fingerprint density at radius 1 is 0.269 bits per heavy atom. The number of halogens is 6. The Morgan fingerprint density at radius 3 is 0.538 bits per heavy atom. The van der Waals surface area contributed by atoms with E-state index in [4.69, 9.17) is 4.17 Å². The van der Waals surface area contributed by atoms with Gasteiger partial charge >= 0.3 is 33.0 Å². The fraction of sp³-hybridized carbons (Fsp3) is 1.00. The second kappa shape index (κ2) is 31.6. The number of nitrogens with zero attached hydrogens (tertiary/aromatic N) is 1. The molecule has 0 heterocycles. The van der Waals surface area contributed by atoms with Crippen LogP contribution in [0.5, 0.6) is 0 Å². The van der Waals surface area contributed by atoms with Gasteiger partial charge in [-0.1, -0.05) is 196 Å². The number of hydrogen-bond acceptors (Lipinski definition) is 0. The van der Waals surface area contributed by atoms with Crippen molar-refractivity contribution in [2.24, 2.45) is 0 Å². The summed E-state index contributed by atoms with van der Waals surface area (Å²) in [5.74, 6) is 0. The van der Waals surface area contributed by atoms with E-state index < -0.39 is 21.9 Å². The zero-order valence-corrected chi connectivity index (χ0v) is 38.2. The summed E-state index contributed by atoms with van der Waals surface area (Å²) in [6.45, 7) is 14.2. The van der Waals surface area contributed by atoms with Crippen molar-refractivity contribution in [1.29, 1.82) is 0 Å². The average molecular weight is 816 g/mol. The van der Waals surface area contributed by atoms with E-state index in [2.05, 4.69) is 41.5 Å². The van der Waals surface area contributed by atoms with Crippen molar-refractivity contribution < 1.29 is 25.2 Å². The molecule has 0 spiro atoms. The first-order valence-electron chi connectivity index (χ1n) is 22.6. The van der Waals surface area contributed by atoms with E-state index >= 15 is 0 Å². The topological polar surface area (TPSA) is 14.1 Å². The van der Waals surface area contributed by atoms with Crippen molar-refractivity contribution in [3.63, 3.8) is 0 Å². The van der Waals surface area contributed by atoms with Gasteiger partial charge in [-0.05, 0) is 38.5 Å². The van der Waals surface area contributed by atoms with Crippen LogP contribution in [-0.4, -0.2) is 37.0 Å². The Morgan fingerprint density at radius 2 is 0.404 bits per heavy atom. The van der Waals surface area contributed by atoms with Gasteiger partial charge in [0.25, 0.3) is 0 Å². The first-order chi connectivity index (χ1) is 24.5. The van der Waals surface area contributed by atoms with Crippen LogP contribution in [0.2, 0.25) is 0 Å². The molecule has 0 saturated heterocycles. The van der Waals surface area contributed by atoms with E-state index in [1.165, 1.54) is 230 Å². The maximum atomic E-state index is 9.87. The Labute approximate surface area is 321 Å². The third-order valence-electron chi connectivity index (χ3n) is 10.4. The third-order valence-corrected chi connectivity index (χ3v) is 20.4. The summed E-state index contributed by atoms with van der Waals surface area (Å²) in [4.78, 5) is 0. The number of unbranched alkanes of at least 4 members (excludes halogenated alkanes) is 24. The van der Waals surface area contributed by atoms with Gasteiger partial charge in [-0.2, -0.15) is 4.17 Å². The van der Waals surface area contributed by atoms with E-state index in [9.17, 15) is 25.2 Å². The van der Waals surface area contributed by atoms with E-state index in [0.29, 0.717) is 0 Å². The fourth-order valence-electron chi connectivity index (χ4n) is 7.40. The quantitative estimate of drug-likeness (QED) is 0.0259. The molecule has 0 amide bonds.